The van der Waals surface area contributed by atoms with Crippen LogP contribution in [0.15, 0.2) is 115 Å². The molecule has 2 nitrogen and oxygen atoms in total. The number of hydrogen-bond donors (Lipinski definition) is 0. The topological polar surface area (TPSA) is 6.48 Å². The SMILES string of the molecule is CCc1ccc(N2c3cccc4c3B(c3cc(C(C)C)ccc3N4c3ccc(C(C)(C)C)cc3-c3cccc4c3CCC4)c3sc4ccc(C(C)(C)C)cc4c32)cc1. The van der Waals surface area contributed by atoms with E-state index in [1.807, 2.05) is 11.3 Å². The largest absolute Gasteiger partial charge is 0.311 e. The lowest BCUT2D eigenvalue weighted by atomic mass is 9.36. The van der Waals surface area contributed by atoms with Crippen LogP contribution in [0.25, 0.3) is 21.2 Å². The van der Waals surface area contributed by atoms with Gasteiger partial charge in [-0.15, -0.1) is 11.3 Å². The average Bonchev–Trinajstić information content (AvgIpc) is 3.85. The Bertz CT molecular complexity index is 2760. The summed E-state index contributed by atoms with van der Waals surface area (Å²) in [5, 5.41) is 1.35. The first kappa shape index (κ1) is 37.2. The number of hydrogen-bond acceptors (Lipinski definition) is 3. The van der Waals surface area contributed by atoms with Gasteiger partial charge in [-0.3, -0.25) is 0 Å². The molecule has 7 aromatic rings. The van der Waals surface area contributed by atoms with Crippen molar-refractivity contribution in [2.45, 2.75) is 105 Å². The van der Waals surface area contributed by atoms with Gasteiger partial charge < -0.3 is 9.80 Å². The number of aryl methyl sites for hydroxylation is 2. The normalized spacial score (nSPS) is 14.6. The molecule has 0 spiro atoms. The fourth-order valence-electron chi connectivity index (χ4n) is 9.96. The highest BCUT2D eigenvalue weighted by Crippen LogP contribution is 2.50. The van der Waals surface area contributed by atoms with Gasteiger partial charge in [0.05, 0.1) is 11.4 Å². The summed E-state index contributed by atoms with van der Waals surface area (Å²) in [6, 6.07) is 45.5. The molecule has 10 rings (SSSR count). The first-order valence-corrected chi connectivity index (χ1v) is 22.4. The van der Waals surface area contributed by atoms with E-state index in [0.717, 1.165) is 12.8 Å². The molecule has 6 aromatic carbocycles. The quantitative estimate of drug-likeness (QED) is 0.161. The van der Waals surface area contributed by atoms with Crippen molar-refractivity contribution in [1.82, 2.24) is 0 Å². The summed E-state index contributed by atoms with van der Waals surface area (Å²) in [6.45, 7) is 21.1. The molecular formula is C54H55BN2S. The number of anilines is 6. The summed E-state index contributed by atoms with van der Waals surface area (Å²) in [5.74, 6) is 0.414. The zero-order chi connectivity index (χ0) is 40.2. The van der Waals surface area contributed by atoms with Crippen LogP contribution < -0.4 is 25.5 Å². The zero-order valence-corrected chi connectivity index (χ0v) is 36.6. The van der Waals surface area contributed by atoms with E-state index in [1.165, 1.54) is 117 Å². The molecule has 3 heterocycles. The number of thiophene rings is 1. The van der Waals surface area contributed by atoms with Crippen LogP contribution in [0.1, 0.15) is 108 Å². The van der Waals surface area contributed by atoms with E-state index < -0.39 is 0 Å². The first-order valence-electron chi connectivity index (χ1n) is 21.6. The van der Waals surface area contributed by atoms with Gasteiger partial charge in [0.15, 0.2) is 0 Å². The molecule has 0 fully saturated rings. The average molecular weight is 775 g/mol. The molecule has 58 heavy (non-hydrogen) atoms. The molecule has 0 saturated carbocycles. The van der Waals surface area contributed by atoms with E-state index in [0.29, 0.717) is 5.92 Å². The van der Waals surface area contributed by atoms with Crippen molar-refractivity contribution in [2.75, 3.05) is 9.80 Å². The fraction of sp³-hybridized carbons (Fsp3) is 0.296. The summed E-state index contributed by atoms with van der Waals surface area (Å²) < 4.78 is 2.79. The van der Waals surface area contributed by atoms with Gasteiger partial charge in [0.25, 0.3) is 6.71 Å². The van der Waals surface area contributed by atoms with Gasteiger partial charge in [-0.1, -0.05) is 123 Å². The standard InChI is InChI=1S/C54H55BN2S/c1-10-34-20-25-39(26-21-34)56-47-18-13-19-48-50(47)55(52-51(56)43-32-38(54(7,8)9)24-29-49(43)58-52)44-30-36(33(2)3)22-27-46(44)57(48)45-28-23-37(53(4,5)6)31-42(45)41-17-12-15-35-14-11-16-40(35)41/h12-13,15,17-33H,10-11,14,16H2,1-9H3. The lowest BCUT2D eigenvalue weighted by molar-refractivity contribution is 0.590. The van der Waals surface area contributed by atoms with Crippen molar-refractivity contribution < 1.29 is 0 Å². The molecule has 3 aliphatic rings. The maximum absolute atomic E-state index is 2.64. The van der Waals surface area contributed by atoms with Crippen LogP contribution in [-0.2, 0) is 30.1 Å². The van der Waals surface area contributed by atoms with Gasteiger partial charge in [0.2, 0.25) is 0 Å². The van der Waals surface area contributed by atoms with Crippen LogP contribution in [0.3, 0.4) is 0 Å². The lowest BCUT2D eigenvalue weighted by Gasteiger charge is -2.44. The van der Waals surface area contributed by atoms with Gasteiger partial charge >= 0.3 is 0 Å². The summed E-state index contributed by atoms with van der Waals surface area (Å²) >= 11 is 2.00. The molecule has 1 aromatic heterocycles. The Morgan fingerprint density at radius 2 is 1.34 bits per heavy atom. The molecule has 0 radical (unpaired) electrons. The van der Waals surface area contributed by atoms with Gasteiger partial charge in [-0.25, -0.2) is 0 Å². The maximum Gasteiger partial charge on any atom is 0.264 e. The second kappa shape index (κ2) is 13.5. The van der Waals surface area contributed by atoms with E-state index >= 15 is 0 Å². The Labute approximate surface area is 350 Å². The highest BCUT2D eigenvalue weighted by atomic mass is 32.1. The molecule has 1 aliphatic carbocycles. The Morgan fingerprint density at radius 1 is 0.655 bits per heavy atom. The maximum atomic E-state index is 2.64. The summed E-state index contributed by atoms with van der Waals surface area (Å²) in [4.78, 5) is 5.25. The Balaban J connectivity index is 1.30. The fourth-order valence-corrected chi connectivity index (χ4v) is 11.3. The minimum absolute atomic E-state index is 0.0203. The third-order valence-electron chi connectivity index (χ3n) is 13.3. The van der Waals surface area contributed by atoms with Crippen molar-refractivity contribution in [3.05, 3.63) is 149 Å². The third-order valence-corrected chi connectivity index (χ3v) is 14.5. The van der Waals surface area contributed by atoms with Crippen molar-refractivity contribution in [3.8, 4) is 11.1 Å². The van der Waals surface area contributed by atoms with Gasteiger partial charge in [0, 0.05) is 43.2 Å². The van der Waals surface area contributed by atoms with Crippen molar-refractivity contribution >= 4 is 78.0 Å². The second-order valence-electron chi connectivity index (χ2n) is 19.4. The Hall–Kier alpha value is -5.06. The van der Waals surface area contributed by atoms with E-state index in [-0.39, 0.29) is 17.5 Å². The minimum Gasteiger partial charge on any atom is -0.311 e. The van der Waals surface area contributed by atoms with Crippen LogP contribution in [0.5, 0.6) is 0 Å². The number of fused-ring (bicyclic) bond motifs is 7. The summed E-state index contributed by atoms with van der Waals surface area (Å²) in [7, 11) is 0. The van der Waals surface area contributed by atoms with Gasteiger partial charge in [-0.05, 0) is 147 Å². The molecule has 0 N–H and O–H groups in total. The highest BCUT2D eigenvalue weighted by Gasteiger charge is 2.45. The van der Waals surface area contributed by atoms with E-state index in [2.05, 4.69) is 187 Å². The van der Waals surface area contributed by atoms with Crippen molar-refractivity contribution in [2.24, 2.45) is 0 Å². The molecule has 4 heteroatoms. The molecule has 0 unspecified atom stereocenters. The minimum atomic E-state index is 0.0203. The monoisotopic (exact) mass is 774 g/mol. The van der Waals surface area contributed by atoms with Gasteiger partial charge in [0.1, 0.15) is 0 Å². The summed E-state index contributed by atoms with van der Waals surface area (Å²) in [6.07, 6.45) is 4.55. The lowest BCUT2D eigenvalue weighted by Crippen LogP contribution is -2.60. The molecular weight excluding hydrogens is 719 g/mol. The molecule has 2 aliphatic heterocycles. The third kappa shape index (κ3) is 5.81. The summed E-state index contributed by atoms with van der Waals surface area (Å²) in [5.41, 5.74) is 21.8. The molecule has 0 amide bonds. The number of benzene rings is 6. The van der Waals surface area contributed by atoms with Crippen LogP contribution in [-0.4, -0.2) is 6.71 Å². The van der Waals surface area contributed by atoms with Crippen molar-refractivity contribution in [3.63, 3.8) is 0 Å². The van der Waals surface area contributed by atoms with Crippen LogP contribution in [0, 0.1) is 0 Å². The van der Waals surface area contributed by atoms with E-state index in [1.54, 1.807) is 0 Å². The smallest absolute Gasteiger partial charge is 0.264 e. The van der Waals surface area contributed by atoms with Crippen LogP contribution >= 0.6 is 11.3 Å². The first-order chi connectivity index (χ1) is 27.8. The number of rotatable bonds is 5. The van der Waals surface area contributed by atoms with Crippen LogP contribution in [0.2, 0.25) is 0 Å². The van der Waals surface area contributed by atoms with Gasteiger partial charge in [-0.2, -0.15) is 0 Å². The predicted molar refractivity (Wildman–Crippen MR) is 254 cm³/mol. The molecule has 0 atom stereocenters. The number of nitrogens with zero attached hydrogens (tertiary/aromatic N) is 2. The van der Waals surface area contributed by atoms with E-state index in [4.69, 9.17) is 0 Å². The van der Waals surface area contributed by atoms with E-state index in [9.17, 15) is 0 Å². The zero-order valence-electron chi connectivity index (χ0n) is 35.8. The Kier molecular flexibility index (Phi) is 8.66. The van der Waals surface area contributed by atoms with Crippen LogP contribution in [0.4, 0.5) is 34.1 Å². The Morgan fingerprint density at radius 3 is 2.07 bits per heavy atom. The predicted octanol–water partition coefficient (Wildman–Crippen LogP) is 13.4. The highest BCUT2D eigenvalue weighted by molar-refractivity contribution is 7.33. The molecule has 0 bridgehead atoms. The molecule has 0 saturated heterocycles. The van der Waals surface area contributed by atoms with Crippen molar-refractivity contribution in [1.29, 1.82) is 0 Å². The molecule has 290 valence electrons. The second-order valence-corrected chi connectivity index (χ2v) is 20.4.